The van der Waals surface area contributed by atoms with Crippen LogP contribution in [0.5, 0.6) is 11.6 Å². The first-order chi connectivity index (χ1) is 17.0. The van der Waals surface area contributed by atoms with Crippen molar-refractivity contribution in [2.45, 2.75) is 58.0 Å². The molecule has 36 heavy (non-hydrogen) atoms. The Kier molecular flexibility index (Phi) is 5.04. The molecule has 9 atom stereocenters. The molecule has 194 valence electrons. The van der Waals surface area contributed by atoms with Gasteiger partial charge in [0.15, 0.2) is 11.7 Å². The lowest BCUT2D eigenvalue weighted by atomic mass is 9.58. The van der Waals surface area contributed by atoms with Crippen molar-refractivity contribution in [1.82, 2.24) is 5.16 Å². The van der Waals surface area contributed by atoms with Crippen LogP contribution in [-0.2, 0) is 0 Å². The molecule has 8 nitrogen and oxygen atoms in total. The van der Waals surface area contributed by atoms with Crippen molar-refractivity contribution in [3.63, 3.8) is 0 Å². The lowest BCUT2D eigenvalue weighted by molar-refractivity contribution is -0.211. The average Bonchev–Trinajstić information content (AvgIpc) is 3.13. The molecule has 4 aliphatic carbocycles. The molecule has 2 saturated carbocycles. The van der Waals surface area contributed by atoms with Gasteiger partial charge in [-0.05, 0) is 71.0 Å². The van der Waals surface area contributed by atoms with Gasteiger partial charge in [-0.1, -0.05) is 32.9 Å². The maximum Gasteiger partial charge on any atom is 0.262 e. The molecular weight excluding hydrogens is 462 g/mol. The van der Waals surface area contributed by atoms with Crippen LogP contribution in [0.25, 0.3) is 11.0 Å². The lowest BCUT2D eigenvalue weighted by Gasteiger charge is -2.52. The number of aliphatic hydroxyl groups is 4. The maximum absolute atomic E-state index is 12.6. The number of hydrogen-bond donors (Lipinski definition) is 4. The van der Waals surface area contributed by atoms with Crippen LogP contribution in [0.1, 0.15) is 34.1 Å². The van der Waals surface area contributed by atoms with Gasteiger partial charge < -0.3 is 34.4 Å². The Morgan fingerprint density at radius 2 is 1.97 bits per heavy atom. The zero-order valence-corrected chi connectivity index (χ0v) is 21.3. The molecule has 0 saturated heterocycles. The number of rotatable bonds is 4. The van der Waals surface area contributed by atoms with Crippen LogP contribution in [0.3, 0.4) is 0 Å². The highest BCUT2D eigenvalue weighted by molar-refractivity contribution is 5.83. The van der Waals surface area contributed by atoms with E-state index in [9.17, 15) is 20.4 Å². The monoisotopic (exact) mass is 497 g/mol. The molecule has 0 radical (unpaired) electrons. The van der Waals surface area contributed by atoms with Crippen molar-refractivity contribution < 1.29 is 34.4 Å². The van der Waals surface area contributed by atoms with Gasteiger partial charge in [-0.2, -0.15) is 0 Å². The van der Waals surface area contributed by atoms with Crippen LogP contribution in [0.4, 0.5) is 0 Å². The van der Waals surface area contributed by atoms with Crippen molar-refractivity contribution in [1.29, 1.82) is 0 Å². The molecule has 2 fully saturated rings. The molecule has 0 amide bonds. The second-order valence-corrected chi connectivity index (χ2v) is 11.9. The summed E-state index contributed by atoms with van der Waals surface area (Å²) in [5, 5.41) is 51.4. The van der Waals surface area contributed by atoms with Crippen LogP contribution in [0.2, 0.25) is 0 Å². The van der Waals surface area contributed by atoms with E-state index in [1.54, 1.807) is 25.3 Å². The van der Waals surface area contributed by atoms with Gasteiger partial charge in [0.05, 0.1) is 30.6 Å². The second kappa shape index (κ2) is 7.57. The first-order valence-corrected chi connectivity index (χ1v) is 12.7. The summed E-state index contributed by atoms with van der Waals surface area (Å²) in [5.41, 5.74) is -1.59. The normalized spacial score (nSPS) is 42.5. The van der Waals surface area contributed by atoms with Gasteiger partial charge in [0, 0.05) is 5.92 Å². The standard InChI is InChI=1S/C28H35NO7/c1-13-11-27-14(2)8-19-21(26(19,3)4)18(23(27)32)9-15(12-30)22(31)28(27,33)24(13)35-25-17-10-16(34-5)6-7-20(17)36-29-25/h6-7,9-11,14,18-19,21-24,30-33H,8,12H2,1-5H3/t14-,18+,19-,21+,22-,23?,24+,27+,28+/m1/s1. The predicted molar refractivity (Wildman–Crippen MR) is 131 cm³/mol. The third kappa shape index (κ3) is 2.76. The highest BCUT2D eigenvalue weighted by Crippen LogP contribution is 2.72. The summed E-state index contributed by atoms with van der Waals surface area (Å²) in [6.45, 7) is 7.89. The third-order valence-electron chi connectivity index (χ3n) is 10.0. The zero-order chi connectivity index (χ0) is 25.8. The molecule has 2 bridgehead atoms. The van der Waals surface area contributed by atoms with E-state index in [-0.39, 0.29) is 29.0 Å². The fourth-order valence-corrected chi connectivity index (χ4v) is 8.12. The molecule has 8 heteroatoms. The summed E-state index contributed by atoms with van der Waals surface area (Å²) < 4.78 is 17.2. The van der Waals surface area contributed by atoms with Crippen molar-refractivity contribution in [3.8, 4) is 11.6 Å². The van der Waals surface area contributed by atoms with Gasteiger partial charge in [-0.3, -0.25) is 0 Å². The smallest absolute Gasteiger partial charge is 0.262 e. The van der Waals surface area contributed by atoms with Crippen LogP contribution in [0.15, 0.2) is 46.0 Å². The topological polar surface area (TPSA) is 125 Å². The molecule has 4 aliphatic rings. The number of fused-ring (bicyclic) bond motifs is 4. The predicted octanol–water partition coefficient (Wildman–Crippen LogP) is 2.84. The molecule has 6 rings (SSSR count). The van der Waals surface area contributed by atoms with E-state index < -0.39 is 35.9 Å². The first kappa shape index (κ1) is 24.0. The Bertz CT molecular complexity index is 1280. The third-order valence-corrected chi connectivity index (χ3v) is 10.0. The van der Waals surface area contributed by atoms with E-state index >= 15 is 0 Å². The van der Waals surface area contributed by atoms with E-state index in [4.69, 9.17) is 14.0 Å². The van der Waals surface area contributed by atoms with E-state index in [1.165, 1.54) is 0 Å². The minimum absolute atomic E-state index is 0.0396. The van der Waals surface area contributed by atoms with Gasteiger partial charge in [0.1, 0.15) is 17.5 Å². The SMILES string of the molecule is COc1ccc2onc(O[C@H]3C(C)=C[C@]45C(O)[C@@H](C=C(CO)[C@@H](O)[C@]34O)[C@H]3[C@@H](C[C@H]5C)C3(C)C)c2c1. The minimum Gasteiger partial charge on any atom is -0.497 e. The largest absolute Gasteiger partial charge is 0.497 e. The summed E-state index contributed by atoms with van der Waals surface area (Å²) in [7, 11) is 1.56. The number of nitrogens with zero attached hydrogens (tertiary/aromatic N) is 1. The molecule has 4 N–H and O–H groups in total. The molecule has 1 aromatic carbocycles. The number of aliphatic hydroxyl groups excluding tert-OH is 3. The van der Waals surface area contributed by atoms with Crippen LogP contribution >= 0.6 is 0 Å². The number of aromatic nitrogens is 1. The maximum atomic E-state index is 12.6. The summed E-state index contributed by atoms with van der Waals surface area (Å²) in [6.07, 6.45) is 1.09. The van der Waals surface area contributed by atoms with Gasteiger partial charge in [-0.15, -0.1) is 0 Å². The second-order valence-electron chi connectivity index (χ2n) is 11.9. The Morgan fingerprint density at radius 3 is 2.67 bits per heavy atom. The zero-order valence-electron chi connectivity index (χ0n) is 21.3. The first-order valence-electron chi connectivity index (χ1n) is 12.7. The minimum atomic E-state index is -1.94. The summed E-state index contributed by atoms with van der Waals surface area (Å²) in [4.78, 5) is 0. The van der Waals surface area contributed by atoms with E-state index in [2.05, 4.69) is 19.0 Å². The molecule has 1 heterocycles. The van der Waals surface area contributed by atoms with E-state index in [0.717, 1.165) is 6.42 Å². The molecule has 1 unspecified atom stereocenters. The number of benzene rings is 1. The van der Waals surface area contributed by atoms with Crippen molar-refractivity contribution in [2.24, 2.45) is 34.5 Å². The fourth-order valence-electron chi connectivity index (χ4n) is 8.12. The Hall–Kier alpha value is -2.39. The molecule has 0 aliphatic heterocycles. The molecule has 1 spiro atoms. The quantitative estimate of drug-likeness (QED) is 0.475. The molecular formula is C28H35NO7. The summed E-state index contributed by atoms with van der Waals surface area (Å²) >= 11 is 0. The summed E-state index contributed by atoms with van der Waals surface area (Å²) in [5.74, 6) is 0.876. The van der Waals surface area contributed by atoms with Gasteiger partial charge in [0.2, 0.25) is 0 Å². The Morgan fingerprint density at radius 1 is 1.22 bits per heavy atom. The lowest BCUT2D eigenvalue weighted by Crippen LogP contribution is -2.67. The van der Waals surface area contributed by atoms with Crippen molar-refractivity contribution in [2.75, 3.05) is 13.7 Å². The number of ether oxygens (including phenoxy) is 2. The number of hydrogen-bond acceptors (Lipinski definition) is 8. The highest BCUT2D eigenvalue weighted by atomic mass is 16.6. The van der Waals surface area contributed by atoms with Crippen LogP contribution in [0, 0.1) is 34.5 Å². The summed E-state index contributed by atoms with van der Waals surface area (Å²) in [6, 6.07) is 5.22. The Labute approximate surface area is 210 Å². The van der Waals surface area contributed by atoms with Crippen molar-refractivity contribution >= 4 is 11.0 Å². The van der Waals surface area contributed by atoms with Crippen molar-refractivity contribution in [3.05, 3.63) is 41.5 Å². The van der Waals surface area contributed by atoms with Gasteiger partial charge in [0.25, 0.3) is 5.88 Å². The highest BCUT2D eigenvalue weighted by Gasteiger charge is 2.76. The Balaban J connectivity index is 1.50. The molecule has 1 aromatic heterocycles. The average molecular weight is 498 g/mol. The van der Waals surface area contributed by atoms with Gasteiger partial charge >= 0.3 is 0 Å². The number of methoxy groups -OCH3 is 1. The fraction of sp³-hybridized carbons (Fsp3) is 0.607. The van der Waals surface area contributed by atoms with Crippen LogP contribution in [-0.4, -0.2) is 63.2 Å². The molecule has 2 aromatic rings. The van der Waals surface area contributed by atoms with E-state index in [0.29, 0.717) is 33.8 Å². The van der Waals surface area contributed by atoms with E-state index in [1.807, 2.05) is 26.0 Å². The van der Waals surface area contributed by atoms with Gasteiger partial charge in [-0.25, -0.2) is 0 Å². The van der Waals surface area contributed by atoms with Crippen LogP contribution < -0.4 is 9.47 Å².